The molecule has 2 rings (SSSR count). The number of nitrogens with one attached hydrogen (secondary N) is 1. The fourth-order valence-corrected chi connectivity index (χ4v) is 1.84. The molecule has 1 aromatic heterocycles. The monoisotopic (exact) mass is 287 g/mol. The fraction of sp³-hybridized carbons (Fsp3) is 0.143. The van der Waals surface area contributed by atoms with Gasteiger partial charge in [-0.2, -0.15) is 0 Å². The molecule has 0 aliphatic heterocycles. The van der Waals surface area contributed by atoms with E-state index in [1.165, 1.54) is 18.3 Å². The minimum absolute atomic E-state index is 0.0267. The number of carbonyl (C=O) groups is 1. The second kappa shape index (κ2) is 6.47. The second-order valence-corrected chi connectivity index (χ2v) is 4.31. The van der Waals surface area contributed by atoms with Crippen LogP contribution < -0.4 is 5.32 Å². The number of hydrogen-bond donors (Lipinski definition) is 2. The van der Waals surface area contributed by atoms with Crippen LogP contribution in [0.3, 0.4) is 0 Å². The van der Waals surface area contributed by atoms with Crippen molar-refractivity contribution in [3.63, 3.8) is 0 Å². The number of carboxylic acid groups (broad SMARTS) is 1. The molecule has 0 amide bonds. The number of anilines is 1. The summed E-state index contributed by atoms with van der Waals surface area (Å²) in [5.74, 6) is -1.09. The first-order valence-electron chi connectivity index (χ1n) is 6.23. The summed E-state index contributed by atoms with van der Waals surface area (Å²) in [7, 11) is 0. The SMILES string of the molecule is O=C(O)c1ncccc1NCCc1ccc([N+](=O)[O-])cc1. The van der Waals surface area contributed by atoms with Crippen molar-refractivity contribution in [3.8, 4) is 0 Å². The van der Waals surface area contributed by atoms with Crippen LogP contribution in [0.25, 0.3) is 0 Å². The topological polar surface area (TPSA) is 105 Å². The number of benzene rings is 1. The zero-order valence-electron chi connectivity index (χ0n) is 11.0. The van der Waals surface area contributed by atoms with Crippen LogP contribution in [0.1, 0.15) is 16.1 Å². The van der Waals surface area contributed by atoms with E-state index in [1.807, 2.05) is 0 Å². The summed E-state index contributed by atoms with van der Waals surface area (Å²) in [4.78, 5) is 24.9. The van der Waals surface area contributed by atoms with Crippen molar-refractivity contribution in [2.24, 2.45) is 0 Å². The highest BCUT2D eigenvalue weighted by atomic mass is 16.6. The summed E-state index contributed by atoms with van der Waals surface area (Å²) in [5, 5.41) is 22.5. The van der Waals surface area contributed by atoms with Crippen molar-refractivity contribution in [3.05, 3.63) is 64.0 Å². The van der Waals surface area contributed by atoms with Gasteiger partial charge < -0.3 is 10.4 Å². The highest BCUT2D eigenvalue weighted by Gasteiger charge is 2.10. The van der Waals surface area contributed by atoms with Crippen LogP contribution in [0.2, 0.25) is 0 Å². The number of pyridine rings is 1. The number of aromatic carboxylic acids is 1. The average molecular weight is 287 g/mol. The van der Waals surface area contributed by atoms with Crippen molar-refractivity contribution in [1.82, 2.24) is 4.98 Å². The van der Waals surface area contributed by atoms with E-state index in [2.05, 4.69) is 10.3 Å². The smallest absolute Gasteiger partial charge is 0.356 e. The Morgan fingerprint density at radius 1 is 1.29 bits per heavy atom. The second-order valence-electron chi connectivity index (χ2n) is 4.31. The molecule has 1 heterocycles. The van der Waals surface area contributed by atoms with Crippen LogP contribution in [0.5, 0.6) is 0 Å². The first-order valence-corrected chi connectivity index (χ1v) is 6.23. The Morgan fingerprint density at radius 2 is 2.00 bits per heavy atom. The summed E-state index contributed by atoms with van der Waals surface area (Å²) < 4.78 is 0. The molecule has 0 unspecified atom stereocenters. The molecule has 0 bridgehead atoms. The summed E-state index contributed by atoms with van der Waals surface area (Å²) >= 11 is 0. The molecular weight excluding hydrogens is 274 g/mol. The standard InChI is InChI=1S/C14H13N3O4/c18-14(19)13-12(2-1-8-16-13)15-9-7-10-3-5-11(6-4-10)17(20)21/h1-6,8,15H,7,9H2,(H,18,19). The van der Waals surface area contributed by atoms with Crippen molar-refractivity contribution in [2.75, 3.05) is 11.9 Å². The molecule has 7 nitrogen and oxygen atoms in total. The van der Waals surface area contributed by atoms with Gasteiger partial charge in [-0.15, -0.1) is 0 Å². The largest absolute Gasteiger partial charge is 0.476 e. The first-order chi connectivity index (χ1) is 10.1. The molecule has 108 valence electrons. The van der Waals surface area contributed by atoms with Gasteiger partial charge in [0.25, 0.3) is 5.69 Å². The highest BCUT2D eigenvalue weighted by Crippen LogP contribution is 2.14. The number of nitro benzene ring substituents is 1. The molecule has 7 heteroatoms. The van der Waals surface area contributed by atoms with Crippen molar-refractivity contribution < 1.29 is 14.8 Å². The Hall–Kier alpha value is -2.96. The molecule has 0 spiro atoms. The molecule has 0 radical (unpaired) electrons. The third-order valence-corrected chi connectivity index (χ3v) is 2.89. The van der Waals surface area contributed by atoms with Crippen LogP contribution in [0, 0.1) is 10.1 Å². The van der Waals surface area contributed by atoms with E-state index in [9.17, 15) is 14.9 Å². The molecule has 1 aromatic carbocycles. The summed E-state index contributed by atoms with van der Waals surface area (Å²) in [6.07, 6.45) is 2.04. The van der Waals surface area contributed by atoms with E-state index < -0.39 is 10.9 Å². The van der Waals surface area contributed by atoms with E-state index in [0.717, 1.165) is 5.56 Å². The summed E-state index contributed by atoms with van der Waals surface area (Å²) in [6.45, 7) is 0.504. The van der Waals surface area contributed by atoms with E-state index in [0.29, 0.717) is 18.7 Å². The van der Waals surface area contributed by atoms with Crippen LogP contribution >= 0.6 is 0 Å². The number of rotatable bonds is 6. The van der Waals surface area contributed by atoms with Gasteiger partial charge >= 0.3 is 5.97 Å². The molecule has 0 saturated carbocycles. The molecule has 2 N–H and O–H groups in total. The van der Waals surface area contributed by atoms with Gasteiger partial charge in [-0.1, -0.05) is 12.1 Å². The molecule has 21 heavy (non-hydrogen) atoms. The maximum Gasteiger partial charge on any atom is 0.356 e. The van der Waals surface area contributed by atoms with Crippen molar-refractivity contribution in [2.45, 2.75) is 6.42 Å². The minimum atomic E-state index is -1.09. The maximum absolute atomic E-state index is 11.0. The summed E-state index contributed by atoms with van der Waals surface area (Å²) in [6, 6.07) is 9.55. The van der Waals surface area contributed by atoms with Gasteiger partial charge in [0, 0.05) is 24.9 Å². The Balaban J connectivity index is 1.95. The molecule has 2 aromatic rings. The van der Waals surface area contributed by atoms with Crippen LogP contribution in [-0.4, -0.2) is 27.5 Å². The summed E-state index contributed by atoms with van der Waals surface area (Å²) in [5.41, 5.74) is 1.40. The van der Waals surface area contributed by atoms with E-state index in [-0.39, 0.29) is 11.4 Å². The van der Waals surface area contributed by atoms with Gasteiger partial charge in [-0.25, -0.2) is 9.78 Å². The van der Waals surface area contributed by atoms with Crippen LogP contribution in [0.15, 0.2) is 42.6 Å². The Kier molecular flexibility index (Phi) is 4.45. The van der Waals surface area contributed by atoms with Gasteiger partial charge in [0.15, 0.2) is 5.69 Å². The van der Waals surface area contributed by atoms with Crippen LogP contribution in [0.4, 0.5) is 11.4 Å². The predicted octanol–water partition coefficient (Wildman–Crippen LogP) is 2.34. The normalized spacial score (nSPS) is 10.1. The van der Waals surface area contributed by atoms with Gasteiger partial charge in [0.1, 0.15) is 0 Å². The molecule has 0 saturated heterocycles. The first kappa shape index (κ1) is 14.4. The number of hydrogen-bond acceptors (Lipinski definition) is 5. The Labute approximate surface area is 120 Å². The number of nitro groups is 1. The maximum atomic E-state index is 11.0. The molecule has 0 aliphatic carbocycles. The lowest BCUT2D eigenvalue weighted by Crippen LogP contribution is -2.10. The molecule has 0 atom stereocenters. The van der Waals surface area contributed by atoms with Gasteiger partial charge in [0.05, 0.1) is 10.6 Å². The number of carboxylic acids is 1. The lowest BCUT2D eigenvalue weighted by Gasteiger charge is -2.08. The molecular formula is C14H13N3O4. The molecule has 0 fully saturated rings. The lowest BCUT2D eigenvalue weighted by molar-refractivity contribution is -0.384. The lowest BCUT2D eigenvalue weighted by atomic mass is 10.1. The van der Waals surface area contributed by atoms with Crippen molar-refractivity contribution in [1.29, 1.82) is 0 Å². The molecule has 0 aliphatic rings. The third kappa shape index (κ3) is 3.75. The average Bonchev–Trinajstić information content (AvgIpc) is 2.48. The van der Waals surface area contributed by atoms with Gasteiger partial charge in [0.2, 0.25) is 0 Å². The van der Waals surface area contributed by atoms with E-state index >= 15 is 0 Å². The number of aromatic nitrogens is 1. The van der Waals surface area contributed by atoms with E-state index in [1.54, 1.807) is 24.3 Å². The van der Waals surface area contributed by atoms with Gasteiger partial charge in [-0.05, 0) is 24.1 Å². The van der Waals surface area contributed by atoms with Crippen LogP contribution in [-0.2, 0) is 6.42 Å². The zero-order valence-corrected chi connectivity index (χ0v) is 11.0. The number of non-ortho nitro benzene ring substituents is 1. The van der Waals surface area contributed by atoms with Crippen molar-refractivity contribution >= 4 is 17.3 Å². The Bertz CT molecular complexity index is 656. The zero-order chi connectivity index (χ0) is 15.2. The minimum Gasteiger partial charge on any atom is -0.476 e. The fourth-order valence-electron chi connectivity index (χ4n) is 1.84. The Morgan fingerprint density at radius 3 is 2.62 bits per heavy atom. The third-order valence-electron chi connectivity index (χ3n) is 2.89. The van der Waals surface area contributed by atoms with Gasteiger partial charge in [-0.3, -0.25) is 10.1 Å². The predicted molar refractivity (Wildman–Crippen MR) is 76.5 cm³/mol. The quantitative estimate of drug-likeness (QED) is 0.624. The highest BCUT2D eigenvalue weighted by molar-refractivity contribution is 5.91. The number of nitrogens with zero attached hydrogens (tertiary/aromatic N) is 2. The van der Waals surface area contributed by atoms with E-state index in [4.69, 9.17) is 5.11 Å².